The second-order valence-electron chi connectivity index (χ2n) is 20.9. The molecule has 8 heteroatoms. The van der Waals surface area contributed by atoms with Gasteiger partial charge in [-0.15, -0.1) is 22.7 Å². The Balaban J connectivity index is 0.000000130. The molecular weight excluding hydrogens is 1040 g/mol. The molecule has 0 aliphatic heterocycles. The molecule has 0 fully saturated rings. The third-order valence-corrected chi connectivity index (χ3v) is 18.4. The van der Waals surface area contributed by atoms with Crippen molar-refractivity contribution in [2.75, 3.05) is 0 Å². The highest BCUT2D eigenvalue weighted by Gasteiger charge is 2.21. The van der Waals surface area contributed by atoms with Gasteiger partial charge in [0.1, 0.15) is 10.0 Å². The molecule has 0 radical (unpaired) electrons. The highest BCUT2D eigenvalue weighted by molar-refractivity contribution is 7.22. The van der Waals surface area contributed by atoms with Crippen LogP contribution in [0.1, 0.15) is 0 Å². The van der Waals surface area contributed by atoms with Gasteiger partial charge in [0.15, 0.2) is 0 Å². The number of fused-ring (bicyclic) bond motifs is 14. The summed E-state index contributed by atoms with van der Waals surface area (Å²) >= 11 is 3.49. The second-order valence-corrected chi connectivity index (χ2v) is 23.0. The van der Waals surface area contributed by atoms with Crippen molar-refractivity contribution in [1.82, 2.24) is 28.2 Å². The first kappa shape index (κ1) is 46.5. The Hall–Kier alpha value is -10.4. The van der Waals surface area contributed by atoms with Gasteiger partial charge < -0.3 is 18.3 Å². The molecule has 6 aromatic heterocycles. The van der Waals surface area contributed by atoms with E-state index in [1.54, 1.807) is 22.7 Å². The van der Waals surface area contributed by atoms with E-state index in [0.29, 0.717) is 0 Å². The van der Waals surface area contributed by atoms with Crippen LogP contribution in [-0.4, -0.2) is 28.2 Å². The molecule has 6 nitrogen and oxygen atoms in total. The molecule has 0 atom stereocenters. The molecule has 18 rings (SSSR count). The largest absolute Gasteiger partial charge is 0.309 e. The van der Waals surface area contributed by atoms with Crippen LogP contribution >= 0.6 is 22.7 Å². The average molecular weight is 1080 g/mol. The molecule has 12 aromatic carbocycles. The van der Waals surface area contributed by atoms with Crippen LogP contribution in [0, 0.1) is 0 Å². The first-order chi connectivity index (χ1) is 40.7. The summed E-state index contributed by atoms with van der Waals surface area (Å²) in [7, 11) is 0. The minimum Gasteiger partial charge on any atom is -0.309 e. The Labute approximate surface area is 478 Å². The number of hydrogen-bond acceptors (Lipinski definition) is 4. The SMILES string of the molecule is c1ccc(-n2c3ccccc3c3cc4c(cc32)c2ccccc2n4-c2ccc(-c3nc4ccccc4s3)cc2)cc1.c1ccc(-n2c3ccccc3c3cc4c(cc32)c2ccccc2n4-c2cccc(-c3nc4ccccc4s3)c2)cc1. The van der Waals surface area contributed by atoms with E-state index in [1.165, 1.54) is 108 Å². The lowest BCUT2D eigenvalue weighted by Gasteiger charge is -2.10. The van der Waals surface area contributed by atoms with Crippen molar-refractivity contribution in [2.24, 2.45) is 0 Å². The zero-order valence-electron chi connectivity index (χ0n) is 44.1. The molecule has 82 heavy (non-hydrogen) atoms. The predicted octanol–water partition coefficient (Wildman–Crippen LogP) is 20.3. The van der Waals surface area contributed by atoms with E-state index in [1.807, 2.05) is 6.07 Å². The zero-order valence-corrected chi connectivity index (χ0v) is 45.7. The standard InChI is InChI=1S/2C37H23N3S/c1-2-12-25(13-3-1)39-32-18-7-4-15-27(32)29-23-35-30(22-34(29)39)28-16-5-8-19-33(28)40(35)26-14-10-11-24(21-26)37-38-31-17-6-9-20-36(31)41-37;1-2-10-25(11-3-1)39-32-15-7-4-12-27(32)29-23-35-30(22-34(29)39)28-13-5-8-16-33(28)40(35)26-20-18-24(19-21-26)37-38-31-14-6-9-17-36(31)41-37/h2*1-23H. The lowest BCUT2D eigenvalue weighted by atomic mass is 10.1. The summed E-state index contributed by atoms with van der Waals surface area (Å²) in [6, 6.07) is 100. The molecule has 384 valence electrons. The third kappa shape index (κ3) is 7.32. The minimum atomic E-state index is 1.04. The predicted molar refractivity (Wildman–Crippen MR) is 347 cm³/mol. The van der Waals surface area contributed by atoms with Crippen LogP contribution in [0.5, 0.6) is 0 Å². The lowest BCUT2D eigenvalue weighted by molar-refractivity contribution is 1.17. The quantitative estimate of drug-likeness (QED) is 0.167. The first-order valence-electron chi connectivity index (χ1n) is 27.6. The number of hydrogen-bond donors (Lipinski definition) is 0. The monoisotopic (exact) mass is 1080 g/mol. The summed E-state index contributed by atoms with van der Waals surface area (Å²) < 4.78 is 12.0. The fraction of sp³-hybridized carbons (Fsp3) is 0. The molecule has 18 aromatic rings. The highest BCUT2D eigenvalue weighted by atomic mass is 32.1. The fourth-order valence-corrected chi connectivity index (χ4v) is 14.6. The van der Waals surface area contributed by atoms with Crippen molar-refractivity contribution in [3.8, 4) is 43.9 Å². The van der Waals surface area contributed by atoms with Crippen LogP contribution in [0.25, 0.3) is 152 Å². The van der Waals surface area contributed by atoms with Crippen LogP contribution in [0.3, 0.4) is 0 Å². The minimum absolute atomic E-state index is 1.04. The maximum atomic E-state index is 4.94. The number of para-hydroxylation sites is 8. The van der Waals surface area contributed by atoms with Gasteiger partial charge in [0.05, 0.1) is 64.6 Å². The maximum absolute atomic E-state index is 4.94. The molecular formula is C74H46N6S2. The molecule has 0 saturated heterocycles. The van der Waals surface area contributed by atoms with Gasteiger partial charge in [0.25, 0.3) is 0 Å². The van der Waals surface area contributed by atoms with Gasteiger partial charge in [-0.2, -0.15) is 0 Å². The van der Waals surface area contributed by atoms with E-state index >= 15 is 0 Å². The molecule has 0 amide bonds. The van der Waals surface area contributed by atoms with E-state index in [0.717, 1.165) is 43.6 Å². The Bertz CT molecular complexity index is 5460. The van der Waals surface area contributed by atoms with E-state index in [4.69, 9.17) is 9.97 Å². The fourth-order valence-electron chi connectivity index (χ4n) is 12.7. The van der Waals surface area contributed by atoms with Crippen molar-refractivity contribution in [1.29, 1.82) is 0 Å². The number of nitrogens with zero attached hydrogens (tertiary/aromatic N) is 6. The summed E-state index contributed by atoms with van der Waals surface area (Å²) in [5, 5.41) is 12.1. The van der Waals surface area contributed by atoms with Gasteiger partial charge in [-0.1, -0.05) is 146 Å². The van der Waals surface area contributed by atoms with Crippen molar-refractivity contribution >= 4 is 130 Å². The Morgan fingerprint density at radius 2 is 0.549 bits per heavy atom. The molecule has 0 unspecified atom stereocenters. The zero-order chi connectivity index (χ0) is 53.8. The number of benzene rings is 12. The third-order valence-electron chi connectivity index (χ3n) is 16.3. The van der Waals surface area contributed by atoms with Gasteiger partial charge >= 0.3 is 0 Å². The molecule has 0 aliphatic rings. The van der Waals surface area contributed by atoms with Gasteiger partial charge in [-0.05, 0) is 133 Å². The molecule has 0 aliphatic carbocycles. The lowest BCUT2D eigenvalue weighted by Crippen LogP contribution is -1.95. The number of thiazole rings is 2. The van der Waals surface area contributed by atoms with E-state index in [9.17, 15) is 0 Å². The number of aromatic nitrogens is 6. The molecule has 6 heterocycles. The van der Waals surface area contributed by atoms with Gasteiger partial charge in [0, 0.05) is 77.0 Å². The van der Waals surface area contributed by atoms with Crippen LogP contribution in [-0.2, 0) is 0 Å². The summed E-state index contributed by atoms with van der Waals surface area (Å²) in [5.74, 6) is 0. The Kier molecular flexibility index (Phi) is 10.6. The van der Waals surface area contributed by atoms with Crippen molar-refractivity contribution < 1.29 is 0 Å². The van der Waals surface area contributed by atoms with Crippen LogP contribution in [0.2, 0.25) is 0 Å². The van der Waals surface area contributed by atoms with E-state index in [-0.39, 0.29) is 0 Å². The van der Waals surface area contributed by atoms with Gasteiger partial charge in [0.2, 0.25) is 0 Å². The van der Waals surface area contributed by atoms with E-state index in [2.05, 4.69) is 291 Å². The average Bonchev–Trinajstić information content (AvgIpc) is 3.13. The van der Waals surface area contributed by atoms with Crippen LogP contribution in [0.15, 0.2) is 279 Å². The highest BCUT2D eigenvalue weighted by Crippen LogP contribution is 2.43. The molecule has 0 N–H and O–H groups in total. The topological polar surface area (TPSA) is 45.5 Å². The molecule has 0 spiro atoms. The van der Waals surface area contributed by atoms with Gasteiger partial charge in [-0.3, -0.25) is 0 Å². The molecule has 0 saturated carbocycles. The second kappa shape index (κ2) is 18.6. The smallest absolute Gasteiger partial charge is 0.124 e. The maximum Gasteiger partial charge on any atom is 0.124 e. The van der Waals surface area contributed by atoms with Crippen molar-refractivity contribution in [3.05, 3.63) is 279 Å². The first-order valence-corrected chi connectivity index (χ1v) is 29.3. The van der Waals surface area contributed by atoms with Crippen LogP contribution < -0.4 is 0 Å². The summed E-state index contributed by atoms with van der Waals surface area (Å²) in [4.78, 5) is 9.82. The summed E-state index contributed by atoms with van der Waals surface area (Å²) in [5.41, 5.74) is 18.7. The van der Waals surface area contributed by atoms with Crippen LogP contribution in [0.4, 0.5) is 0 Å². The Morgan fingerprint density at radius 1 is 0.220 bits per heavy atom. The van der Waals surface area contributed by atoms with Crippen molar-refractivity contribution in [3.63, 3.8) is 0 Å². The van der Waals surface area contributed by atoms with Crippen molar-refractivity contribution in [2.45, 2.75) is 0 Å². The molecule has 0 bridgehead atoms. The normalized spacial score (nSPS) is 11.9. The van der Waals surface area contributed by atoms with Gasteiger partial charge in [-0.25, -0.2) is 9.97 Å². The van der Waals surface area contributed by atoms with E-state index < -0.39 is 0 Å². The summed E-state index contributed by atoms with van der Waals surface area (Å²) in [6.07, 6.45) is 0. The Morgan fingerprint density at radius 3 is 0.963 bits per heavy atom. The summed E-state index contributed by atoms with van der Waals surface area (Å²) in [6.45, 7) is 0. The number of rotatable bonds is 6.